The summed E-state index contributed by atoms with van der Waals surface area (Å²) in [6, 6.07) is 40.3. The van der Waals surface area contributed by atoms with Crippen molar-refractivity contribution in [2.75, 3.05) is 10.6 Å². The van der Waals surface area contributed by atoms with Crippen LogP contribution in [0.5, 0.6) is 11.5 Å². The second-order valence-electron chi connectivity index (χ2n) is 10.5. The van der Waals surface area contributed by atoms with Gasteiger partial charge in [0.05, 0.1) is 5.25 Å². The monoisotopic (exact) mass is 627 g/mol. The topological polar surface area (TPSA) is 96.5 Å². The summed E-state index contributed by atoms with van der Waals surface area (Å²) in [6.45, 7) is 3.80. The molecule has 1 atom stereocenters. The Hall–Kier alpha value is -5.60. The van der Waals surface area contributed by atoms with Gasteiger partial charge < -0.3 is 20.7 Å². The molecule has 1 unspecified atom stereocenters. The summed E-state index contributed by atoms with van der Waals surface area (Å²) in [5, 5.41) is 8.19. The lowest BCUT2D eigenvalue weighted by atomic mass is 10.1. The zero-order chi connectivity index (χ0) is 32.3. The van der Waals surface area contributed by atoms with Gasteiger partial charge in [-0.25, -0.2) is 0 Å². The molecule has 0 bridgehead atoms. The average molecular weight is 628 g/mol. The number of hydrogen-bond donors (Lipinski definition) is 3. The first-order valence-corrected chi connectivity index (χ1v) is 15.6. The summed E-state index contributed by atoms with van der Waals surface area (Å²) in [5.41, 5.74) is 3.60. The first kappa shape index (κ1) is 31.8. The SMILES string of the molecule is Cc1cccc(/C=C(\NC(=O)c2ccccc2)C(=O)Nc2ccc(SC(C)C(=O)Nc3ccc(Oc4ccccc4)cc3)cc2)c1. The number of para-hydroxylation sites is 1. The third kappa shape index (κ3) is 9.20. The molecule has 0 heterocycles. The van der Waals surface area contributed by atoms with Crippen molar-refractivity contribution in [2.45, 2.75) is 24.0 Å². The Morgan fingerprint density at radius 3 is 1.98 bits per heavy atom. The van der Waals surface area contributed by atoms with Crippen LogP contribution >= 0.6 is 11.8 Å². The first-order chi connectivity index (χ1) is 22.3. The van der Waals surface area contributed by atoms with Crippen molar-refractivity contribution in [2.24, 2.45) is 0 Å². The summed E-state index contributed by atoms with van der Waals surface area (Å²) in [7, 11) is 0. The Kier molecular flexibility index (Phi) is 10.7. The third-order valence-electron chi connectivity index (χ3n) is 6.78. The highest BCUT2D eigenvalue weighted by Crippen LogP contribution is 2.27. The van der Waals surface area contributed by atoms with Crippen LogP contribution in [0.15, 0.2) is 144 Å². The number of rotatable bonds is 11. The van der Waals surface area contributed by atoms with E-state index in [0.717, 1.165) is 21.8 Å². The number of benzene rings is 5. The second-order valence-corrected chi connectivity index (χ2v) is 11.9. The van der Waals surface area contributed by atoms with Crippen LogP contribution < -0.4 is 20.7 Å². The highest BCUT2D eigenvalue weighted by atomic mass is 32.2. The Morgan fingerprint density at radius 1 is 0.696 bits per heavy atom. The number of carbonyl (C=O) groups is 3. The molecule has 0 saturated heterocycles. The molecule has 5 rings (SSSR count). The highest BCUT2D eigenvalue weighted by Gasteiger charge is 2.17. The van der Waals surface area contributed by atoms with Gasteiger partial charge in [0.1, 0.15) is 17.2 Å². The third-order valence-corrected chi connectivity index (χ3v) is 7.89. The van der Waals surface area contributed by atoms with Crippen LogP contribution in [0, 0.1) is 6.92 Å². The van der Waals surface area contributed by atoms with Gasteiger partial charge in [-0.3, -0.25) is 14.4 Å². The molecule has 46 heavy (non-hydrogen) atoms. The van der Waals surface area contributed by atoms with Gasteiger partial charge in [-0.2, -0.15) is 0 Å². The lowest BCUT2D eigenvalue weighted by Crippen LogP contribution is -2.30. The molecule has 5 aromatic rings. The summed E-state index contributed by atoms with van der Waals surface area (Å²) >= 11 is 1.40. The maximum atomic E-state index is 13.3. The summed E-state index contributed by atoms with van der Waals surface area (Å²) in [5.74, 6) is 0.433. The Bertz CT molecular complexity index is 1820. The van der Waals surface area contributed by atoms with Crippen molar-refractivity contribution in [3.63, 3.8) is 0 Å². The zero-order valence-electron chi connectivity index (χ0n) is 25.4. The first-order valence-electron chi connectivity index (χ1n) is 14.7. The predicted octanol–water partition coefficient (Wildman–Crippen LogP) is 8.32. The molecule has 0 spiro atoms. The smallest absolute Gasteiger partial charge is 0.272 e. The fourth-order valence-electron chi connectivity index (χ4n) is 4.42. The van der Waals surface area contributed by atoms with Gasteiger partial charge in [-0.1, -0.05) is 66.2 Å². The molecular weight excluding hydrogens is 595 g/mol. The van der Waals surface area contributed by atoms with Gasteiger partial charge in [0.2, 0.25) is 5.91 Å². The Morgan fingerprint density at radius 2 is 1.30 bits per heavy atom. The molecule has 5 aromatic carbocycles. The minimum atomic E-state index is -0.459. The largest absolute Gasteiger partial charge is 0.457 e. The molecule has 7 nitrogen and oxygen atoms in total. The molecular formula is C38H33N3O4S. The number of amides is 3. The van der Waals surface area contributed by atoms with Crippen molar-refractivity contribution < 1.29 is 19.1 Å². The molecule has 0 radical (unpaired) electrons. The van der Waals surface area contributed by atoms with E-state index in [0.29, 0.717) is 22.7 Å². The van der Waals surface area contributed by atoms with Crippen molar-refractivity contribution in [3.05, 3.63) is 156 Å². The summed E-state index contributed by atoms with van der Waals surface area (Å²) in [6.07, 6.45) is 1.65. The van der Waals surface area contributed by atoms with Gasteiger partial charge in [-0.15, -0.1) is 11.8 Å². The minimum absolute atomic E-state index is 0.114. The number of hydrogen-bond acceptors (Lipinski definition) is 5. The fourth-order valence-corrected chi connectivity index (χ4v) is 5.28. The van der Waals surface area contributed by atoms with E-state index in [1.54, 1.807) is 54.6 Å². The summed E-state index contributed by atoms with van der Waals surface area (Å²) in [4.78, 5) is 40.0. The number of aryl methyl sites for hydroxylation is 1. The lowest BCUT2D eigenvalue weighted by molar-refractivity contribution is -0.115. The summed E-state index contributed by atoms with van der Waals surface area (Å²) < 4.78 is 5.81. The molecule has 3 amide bonds. The molecule has 0 aromatic heterocycles. The number of carbonyl (C=O) groups excluding carboxylic acids is 3. The lowest BCUT2D eigenvalue weighted by Gasteiger charge is -2.14. The van der Waals surface area contributed by atoms with Gasteiger partial charge in [0.25, 0.3) is 11.8 Å². The van der Waals surface area contributed by atoms with Crippen molar-refractivity contribution in [3.8, 4) is 11.5 Å². The quantitative estimate of drug-likeness (QED) is 0.101. The van der Waals surface area contributed by atoms with E-state index in [1.807, 2.05) is 98.8 Å². The van der Waals surface area contributed by atoms with Gasteiger partial charge in [-0.05, 0) is 98.3 Å². The van der Waals surface area contributed by atoms with Crippen LogP contribution in [0.25, 0.3) is 6.08 Å². The van der Waals surface area contributed by atoms with Crippen molar-refractivity contribution in [1.82, 2.24) is 5.32 Å². The van der Waals surface area contributed by atoms with Gasteiger partial charge in [0, 0.05) is 21.8 Å². The molecule has 3 N–H and O–H groups in total. The van der Waals surface area contributed by atoms with Crippen LogP contribution in [0.1, 0.15) is 28.4 Å². The molecule has 230 valence electrons. The highest BCUT2D eigenvalue weighted by molar-refractivity contribution is 8.00. The maximum absolute atomic E-state index is 13.3. The average Bonchev–Trinajstić information content (AvgIpc) is 3.07. The van der Waals surface area contributed by atoms with Crippen LogP contribution in [-0.2, 0) is 9.59 Å². The van der Waals surface area contributed by atoms with E-state index in [1.165, 1.54) is 11.8 Å². The Labute approximate surface area is 272 Å². The van der Waals surface area contributed by atoms with Crippen LogP contribution in [-0.4, -0.2) is 23.0 Å². The molecule has 0 fully saturated rings. The Balaban J connectivity index is 1.18. The molecule has 0 aliphatic rings. The van der Waals surface area contributed by atoms with E-state index < -0.39 is 5.91 Å². The standard InChI is InChI=1S/C38H33N3O4S/c1-26-10-9-11-28(24-26)25-35(41-37(43)29-12-5-3-6-13-29)38(44)40-31-18-22-34(23-19-31)46-27(2)36(42)39-30-16-20-33(21-17-30)45-32-14-7-4-8-15-32/h3-25,27H,1-2H3,(H,39,42)(H,40,44)(H,41,43)/b35-25-. The number of nitrogens with one attached hydrogen (secondary N) is 3. The molecule has 0 aliphatic carbocycles. The van der Waals surface area contributed by atoms with E-state index >= 15 is 0 Å². The van der Waals surface area contributed by atoms with Gasteiger partial charge >= 0.3 is 0 Å². The second kappa shape index (κ2) is 15.4. The molecule has 0 aliphatic heterocycles. The van der Waals surface area contributed by atoms with Gasteiger partial charge in [0.15, 0.2) is 0 Å². The van der Waals surface area contributed by atoms with Crippen LogP contribution in [0.3, 0.4) is 0 Å². The van der Waals surface area contributed by atoms with Crippen LogP contribution in [0.4, 0.5) is 11.4 Å². The fraction of sp³-hybridized carbons (Fsp3) is 0.0789. The normalized spacial score (nSPS) is 11.7. The number of ether oxygens (including phenoxy) is 1. The van der Waals surface area contributed by atoms with E-state index in [-0.39, 0.29) is 22.8 Å². The van der Waals surface area contributed by atoms with Crippen molar-refractivity contribution >= 4 is 46.9 Å². The van der Waals surface area contributed by atoms with E-state index in [4.69, 9.17) is 4.74 Å². The van der Waals surface area contributed by atoms with E-state index in [2.05, 4.69) is 16.0 Å². The number of thioether (sulfide) groups is 1. The molecule has 0 saturated carbocycles. The molecule has 8 heteroatoms. The number of anilines is 2. The minimum Gasteiger partial charge on any atom is -0.457 e. The zero-order valence-corrected chi connectivity index (χ0v) is 26.2. The maximum Gasteiger partial charge on any atom is 0.272 e. The van der Waals surface area contributed by atoms with E-state index in [9.17, 15) is 14.4 Å². The van der Waals surface area contributed by atoms with Crippen LogP contribution in [0.2, 0.25) is 0 Å². The predicted molar refractivity (Wildman–Crippen MR) is 185 cm³/mol. The van der Waals surface area contributed by atoms with Crippen molar-refractivity contribution in [1.29, 1.82) is 0 Å².